The highest BCUT2D eigenvalue weighted by molar-refractivity contribution is 6.08. The molecular weight excluding hydrogens is 256 g/mol. The third-order valence-corrected chi connectivity index (χ3v) is 3.00. The van der Waals surface area contributed by atoms with Crippen molar-refractivity contribution in [3.8, 4) is 5.75 Å². The van der Waals surface area contributed by atoms with Crippen molar-refractivity contribution in [2.24, 2.45) is 0 Å². The molecule has 0 aliphatic heterocycles. The molecule has 2 aromatic heterocycles. The number of anilines is 1. The molecular formula is C14H12N4O2. The number of nitrogen functional groups attached to an aromatic ring is 1. The molecule has 0 saturated heterocycles. The lowest BCUT2D eigenvalue weighted by molar-refractivity contribution is 0.0961. The van der Waals surface area contributed by atoms with E-state index in [1.54, 1.807) is 43.8 Å². The molecule has 0 amide bonds. The van der Waals surface area contributed by atoms with E-state index in [-0.39, 0.29) is 5.91 Å². The third-order valence-electron chi connectivity index (χ3n) is 3.00. The van der Waals surface area contributed by atoms with Crippen LogP contribution in [0.2, 0.25) is 0 Å². The molecule has 0 atom stereocenters. The normalized spacial score (nSPS) is 10.7. The molecule has 20 heavy (non-hydrogen) atoms. The molecule has 6 nitrogen and oxygen atoms in total. The Hall–Kier alpha value is -2.89. The van der Waals surface area contributed by atoms with Crippen molar-refractivity contribution in [2.75, 3.05) is 12.8 Å². The molecule has 0 fully saturated rings. The van der Waals surface area contributed by atoms with Crippen molar-refractivity contribution in [1.82, 2.24) is 14.5 Å². The second kappa shape index (κ2) is 4.65. The highest BCUT2D eigenvalue weighted by Crippen LogP contribution is 2.25. The van der Waals surface area contributed by atoms with Crippen LogP contribution in [0.3, 0.4) is 0 Å². The Labute approximate surface area is 114 Å². The summed E-state index contributed by atoms with van der Waals surface area (Å²) in [5, 5.41) is 0.692. The number of imidazole rings is 1. The molecule has 0 bridgehead atoms. The van der Waals surface area contributed by atoms with Gasteiger partial charge in [0.2, 0.25) is 0 Å². The van der Waals surface area contributed by atoms with E-state index in [9.17, 15) is 4.79 Å². The predicted molar refractivity (Wildman–Crippen MR) is 74.7 cm³/mol. The van der Waals surface area contributed by atoms with E-state index in [1.165, 1.54) is 10.9 Å². The molecule has 100 valence electrons. The molecule has 2 heterocycles. The van der Waals surface area contributed by atoms with E-state index in [1.807, 2.05) is 0 Å². The Morgan fingerprint density at radius 2 is 2.20 bits per heavy atom. The summed E-state index contributed by atoms with van der Waals surface area (Å²) in [4.78, 5) is 20.6. The van der Waals surface area contributed by atoms with E-state index >= 15 is 0 Å². The minimum atomic E-state index is -0.213. The van der Waals surface area contributed by atoms with Crippen molar-refractivity contribution in [3.63, 3.8) is 0 Å². The van der Waals surface area contributed by atoms with Gasteiger partial charge < -0.3 is 10.5 Å². The van der Waals surface area contributed by atoms with Crippen LogP contribution in [0, 0.1) is 0 Å². The average molecular weight is 268 g/mol. The summed E-state index contributed by atoms with van der Waals surface area (Å²) in [7, 11) is 1.57. The Morgan fingerprint density at radius 3 is 2.90 bits per heavy atom. The van der Waals surface area contributed by atoms with Crippen molar-refractivity contribution in [2.45, 2.75) is 0 Å². The van der Waals surface area contributed by atoms with Crippen LogP contribution in [0.5, 0.6) is 5.75 Å². The van der Waals surface area contributed by atoms with Gasteiger partial charge in [0.15, 0.2) is 0 Å². The molecule has 0 aliphatic carbocycles. The van der Waals surface area contributed by atoms with Gasteiger partial charge in [0.25, 0.3) is 5.91 Å². The summed E-state index contributed by atoms with van der Waals surface area (Å²) in [6, 6.07) is 6.88. The Bertz CT molecular complexity index is 781. The molecule has 2 N–H and O–H groups in total. The quantitative estimate of drug-likeness (QED) is 0.765. The first-order chi connectivity index (χ1) is 9.69. The van der Waals surface area contributed by atoms with Crippen molar-refractivity contribution < 1.29 is 9.53 Å². The zero-order valence-corrected chi connectivity index (χ0v) is 10.8. The molecule has 3 aromatic rings. The number of nitrogens with zero attached hydrogens (tertiary/aromatic N) is 3. The van der Waals surface area contributed by atoms with Gasteiger partial charge in [-0.25, -0.2) is 9.97 Å². The van der Waals surface area contributed by atoms with Gasteiger partial charge in [-0.05, 0) is 24.3 Å². The summed E-state index contributed by atoms with van der Waals surface area (Å²) >= 11 is 0. The third kappa shape index (κ3) is 1.97. The van der Waals surface area contributed by atoms with E-state index < -0.39 is 0 Å². The highest BCUT2D eigenvalue weighted by atomic mass is 16.5. The topological polar surface area (TPSA) is 83.0 Å². The Kier molecular flexibility index (Phi) is 2.83. The second-order valence-corrected chi connectivity index (χ2v) is 4.25. The van der Waals surface area contributed by atoms with E-state index in [4.69, 9.17) is 10.5 Å². The minimum absolute atomic E-state index is 0.213. The van der Waals surface area contributed by atoms with Gasteiger partial charge in [0, 0.05) is 17.8 Å². The van der Waals surface area contributed by atoms with Crippen LogP contribution in [0.15, 0.2) is 43.0 Å². The molecule has 1 aromatic carbocycles. The number of carbonyl (C=O) groups excluding carboxylic acids is 1. The number of aromatic nitrogens is 3. The number of methoxy groups -OCH3 is 1. The predicted octanol–water partition coefficient (Wildman–Crippen LogP) is 1.71. The lowest BCUT2D eigenvalue weighted by Crippen LogP contribution is -2.11. The number of hydrogen-bond acceptors (Lipinski definition) is 5. The number of ether oxygens (including phenoxy) is 1. The maximum absolute atomic E-state index is 12.5. The average Bonchev–Trinajstić information content (AvgIpc) is 2.99. The van der Waals surface area contributed by atoms with Crippen LogP contribution in [0.25, 0.3) is 10.9 Å². The number of nitrogens with two attached hydrogens (primary N) is 1. The SMILES string of the molecule is COc1ccc2nc(N)cc(C(=O)n3ccnc3)c2c1. The van der Waals surface area contributed by atoms with Crippen LogP contribution in [-0.2, 0) is 0 Å². The molecule has 0 radical (unpaired) electrons. The number of benzene rings is 1. The smallest absolute Gasteiger partial charge is 0.263 e. The first-order valence-electron chi connectivity index (χ1n) is 5.96. The maximum Gasteiger partial charge on any atom is 0.263 e. The number of pyridine rings is 1. The number of carbonyl (C=O) groups is 1. The van der Waals surface area contributed by atoms with E-state index in [2.05, 4.69) is 9.97 Å². The maximum atomic E-state index is 12.5. The van der Waals surface area contributed by atoms with Gasteiger partial charge in [0.05, 0.1) is 18.2 Å². The molecule has 6 heteroatoms. The van der Waals surface area contributed by atoms with Gasteiger partial charge in [-0.15, -0.1) is 0 Å². The van der Waals surface area contributed by atoms with Gasteiger partial charge in [-0.1, -0.05) is 0 Å². The summed E-state index contributed by atoms with van der Waals surface area (Å²) in [6.45, 7) is 0. The van der Waals surface area contributed by atoms with E-state index in [0.717, 1.165) is 0 Å². The first-order valence-corrected chi connectivity index (χ1v) is 5.96. The fraction of sp³-hybridized carbons (Fsp3) is 0.0714. The van der Waals surface area contributed by atoms with Gasteiger partial charge in [-0.2, -0.15) is 0 Å². The zero-order chi connectivity index (χ0) is 14.1. The van der Waals surface area contributed by atoms with Gasteiger partial charge >= 0.3 is 0 Å². The van der Waals surface area contributed by atoms with Gasteiger partial charge in [-0.3, -0.25) is 9.36 Å². The number of fused-ring (bicyclic) bond motifs is 1. The summed E-state index contributed by atoms with van der Waals surface area (Å²) in [5.41, 5.74) is 6.88. The zero-order valence-electron chi connectivity index (χ0n) is 10.8. The molecule has 0 aliphatic rings. The highest BCUT2D eigenvalue weighted by Gasteiger charge is 2.14. The summed E-state index contributed by atoms with van der Waals surface area (Å²) < 4.78 is 6.59. The monoisotopic (exact) mass is 268 g/mol. The lowest BCUT2D eigenvalue weighted by atomic mass is 10.1. The van der Waals surface area contributed by atoms with Crippen LogP contribution in [0.1, 0.15) is 10.4 Å². The Balaban J connectivity index is 2.25. The van der Waals surface area contributed by atoms with Crippen LogP contribution in [0.4, 0.5) is 5.82 Å². The standard InChI is InChI=1S/C14H12N4O2/c1-20-9-2-3-12-10(6-9)11(7-13(15)17-12)14(19)18-5-4-16-8-18/h2-8H,1H3,(H2,15,17). The number of rotatable bonds is 2. The van der Waals surface area contributed by atoms with Crippen LogP contribution < -0.4 is 10.5 Å². The molecule has 3 rings (SSSR count). The second-order valence-electron chi connectivity index (χ2n) is 4.25. The summed E-state index contributed by atoms with van der Waals surface area (Å²) in [5.74, 6) is 0.740. The lowest BCUT2D eigenvalue weighted by Gasteiger charge is -2.08. The minimum Gasteiger partial charge on any atom is -0.497 e. The number of hydrogen-bond donors (Lipinski definition) is 1. The van der Waals surface area contributed by atoms with Crippen molar-refractivity contribution >= 4 is 22.6 Å². The van der Waals surface area contributed by atoms with Crippen molar-refractivity contribution in [1.29, 1.82) is 0 Å². The van der Waals surface area contributed by atoms with Crippen molar-refractivity contribution in [3.05, 3.63) is 48.5 Å². The fourth-order valence-corrected chi connectivity index (χ4v) is 2.05. The first kappa shape index (κ1) is 12.2. The van der Waals surface area contributed by atoms with Crippen LogP contribution >= 0.6 is 0 Å². The van der Waals surface area contributed by atoms with E-state index in [0.29, 0.717) is 28.0 Å². The summed E-state index contributed by atoms with van der Waals surface area (Å²) in [6.07, 6.45) is 4.58. The molecule has 0 spiro atoms. The Morgan fingerprint density at radius 1 is 1.35 bits per heavy atom. The van der Waals surface area contributed by atoms with Gasteiger partial charge in [0.1, 0.15) is 17.9 Å². The largest absolute Gasteiger partial charge is 0.497 e. The fourth-order valence-electron chi connectivity index (χ4n) is 2.05. The van der Waals surface area contributed by atoms with Crippen LogP contribution in [-0.4, -0.2) is 27.6 Å². The molecule has 0 unspecified atom stereocenters. The molecule has 0 saturated carbocycles.